The van der Waals surface area contributed by atoms with Gasteiger partial charge in [-0.15, -0.1) is 0 Å². The fourth-order valence-electron chi connectivity index (χ4n) is 2.17. The maximum Gasteiger partial charge on any atom is 0.315 e. The van der Waals surface area contributed by atoms with Gasteiger partial charge in [0.05, 0.1) is 6.04 Å². The molecule has 2 rings (SSSR count). The van der Waals surface area contributed by atoms with Crippen molar-refractivity contribution < 1.29 is 14.0 Å². The van der Waals surface area contributed by atoms with Crippen LogP contribution in [-0.2, 0) is 4.79 Å². The number of carbonyl (C=O) groups excluding carboxylic acids is 2. The van der Waals surface area contributed by atoms with Crippen LogP contribution in [0.5, 0.6) is 0 Å². The number of hydrogen-bond donors (Lipinski definition) is 3. The molecule has 3 N–H and O–H groups in total. The van der Waals surface area contributed by atoms with Gasteiger partial charge in [0.1, 0.15) is 11.9 Å². The average Bonchev–Trinajstić information content (AvgIpc) is 2.83. The molecule has 0 bridgehead atoms. The van der Waals surface area contributed by atoms with Crippen LogP contribution in [0.15, 0.2) is 24.3 Å². The van der Waals surface area contributed by atoms with E-state index in [1.165, 1.54) is 12.1 Å². The van der Waals surface area contributed by atoms with Gasteiger partial charge in [0.2, 0.25) is 5.91 Å². The second kappa shape index (κ2) is 5.90. The molecule has 3 amide bonds. The fraction of sp³-hybridized carbons (Fsp3) is 0.429. The summed E-state index contributed by atoms with van der Waals surface area (Å²) in [4.78, 5) is 23.1. The standard InChI is InChI=1S/C14H18FN3O2/c1-8(2)12(9-3-5-10(15)6-4-9)18-13(19)11-7-16-14(20)17-11/h3-6,8,11-12H,7H2,1-2H3,(H,18,19)(H2,16,17,20)/t11-,12-/m1/s1. The van der Waals surface area contributed by atoms with Gasteiger partial charge < -0.3 is 16.0 Å². The van der Waals surface area contributed by atoms with Crippen LogP contribution < -0.4 is 16.0 Å². The van der Waals surface area contributed by atoms with Gasteiger partial charge in [0, 0.05) is 6.54 Å². The van der Waals surface area contributed by atoms with E-state index in [-0.39, 0.29) is 36.3 Å². The molecule has 20 heavy (non-hydrogen) atoms. The van der Waals surface area contributed by atoms with Crippen LogP contribution in [-0.4, -0.2) is 24.5 Å². The number of benzene rings is 1. The molecule has 2 atom stereocenters. The molecule has 5 nitrogen and oxygen atoms in total. The highest BCUT2D eigenvalue weighted by atomic mass is 19.1. The number of amides is 3. The molecule has 1 aliphatic rings. The lowest BCUT2D eigenvalue weighted by Crippen LogP contribution is -2.45. The predicted molar refractivity (Wildman–Crippen MR) is 72.4 cm³/mol. The monoisotopic (exact) mass is 279 g/mol. The van der Waals surface area contributed by atoms with Gasteiger partial charge in [0.25, 0.3) is 0 Å². The Morgan fingerprint density at radius 2 is 2.00 bits per heavy atom. The van der Waals surface area contributed by atoms with Crippen molar-refractivity contribution >= 4 is 11.9 Å². The Labute approximate surface area is 116 Å². The molecule has 108 valence electrons. The molecule has 0 unspecified atom stereocenters. The highest BCUT2D eigenvalue weighted by Gasteiger charge is 2.29. The summed E-state index contributed by atoms with van der Waals surface area (Å²) in [6.45, 7) is 4.22. The number of urea groups is 1. The molecule has 0 aromatic heterocycles. The third-order valence-corrected chi connectivity index (χ3v) is 3.28. The van der Waals surface area contributed by atoms with E-state index in [1.54, 1.807) is 12.1 Å². The third-order valence-electron chi connectivity index (χ3n) is 3.28. The fourth-order valence-corrected chi connectivity index (χ4v) is 2.17. The second-order valence-corrected chi connectivity index (χ2v) is 5.19. The van der Waals surface area contributed by atoms with Gasteiger partial charge in [-0.3, -0.25) is 4.79 Å². The molecule has 0 aliphatic carbocycles. The smallest absolute Gasteiger partial charge is 0.315 e. The lowest BCUT2D eigenvalue weighted by Gasteiger charge is -2.24. The zero-order chi connectivity index (χ0) is 14.7. The van der Waals surface area contributed by atoms with Crippen molar-refractivity contribution in [1.82, 2.24) is 16.0 Å². The number of rotatable bonds is 4. The van der Waals surface area contributed by atoms with Crippen molar-refractivity contribution in [3.63, 3.8) is 0 Å². The highest BCUT2D eigenvalue weighted by Crippen LogP contribution is 2.22. The summed E-state index contributed by atoms with van der Waals surface area (Å²) < 4.78 is 13.0. The first-order valence-corrected chi connectivity index (χ1v) is 6.57. The maximum absolute atomic E-state index is 13.0. The van der Waals surface area contributed by atoms with E-state index in [0.29, 0.717) is 0 Å². The topological polar surface area (TPSA) is 70.2 Å². The SMILES string of the molecule is CC(C)[C@@H](NC(=O)[C@H]1CNC(=O)N1)c1ccc(F)cc1. The Morgan fingerprint density at radius 3 is 2.50 bits per heavy atom. The molecular formula is C14H18FN3O2. The van der Waals surface area contributed by atoms with Crippen molar-refractivity contribution in [3.05, 3.63) is 35.6 Å². The predicted octanol–water partition coefficient (Wildman–Crippen LogP) is 1.32. The Kier molecular flexibility index (Phi) is 4.22. The second-order valence-electron chi connectivity index (χ2n) is 5.19. The van der Waals surface area contributed by atoms with E-state index in [2.05, 4.69) is 16.0 Å². The average molecular weight is 279 g/mol. The summed E-state index contributed by atoms with van der Waals surface area (Å²) in [5, 5.41) is 7.97. The molecule has 1 saturated heterocycles. The normalized spacial score (nSPS) is 19.4. The molecule has 1 aromatic carbocycles. The van der Waals surface area contributed by atoms with E-state index in [9.17, 15) is 14.0 Å². The molecule has 6 heteroatoms. The summed E-state index contributed by atoms with van der Waals surface area (Å²) in [5.41, 5.74) is 0.840. The van der Waals surface area contributed by atoms with E-state index >= 15 is 0 Å². The van der Waals surface area contributed by atoms with Gasteiger partial charge in [-0.2, -0.15) is 0 Å². The van der Waals surface area contributed by atoms with E-state index < -0.39 is 6.04 Å². The van der Waals surface area contributed by atoms with Crippen LogP contribution in [0.25, 0.3) is 0 Å². The summed E-state index contributed by atoms with van der Waals surface area (Å²) >= 11 is 0. The molecule has 1 aliphatic heterocycles. The third kappa shape index (κ3) is 3.26. The molecule has 1 heterocycles. The number of hydrogen-bond acceptors (Lipinski definition) is 2. The number of halogens is 1. The molecule has 0 spiro atoms. The van der Waals surface area contributed by atoms with Gasteiger partial charge in [-0.1, -0.05) is 26.0 Å². The summed E-state index contributed by atoms with van der Waals surface area (Å²) in [6.07, 6.45) is 0. The number of carbonyl (C=O) groups is 2. The first kappa shape index (κ1) is 14.3. The van der Waals surface area contributed by atoms with Crippen LogP contribution in [0.2, 0.25) is 0 Å². The van der Waals surface area contributed by atoms with Crippen molar-refractivity contribution in [2.75, 3.05) is 6.54 Å². The quantitative estimate of drug-likeness (QED) is 0.778. The highest BCUT2D eigenvalue weighted by molar-refractivity contribution is 5.90. The van der Waals surface area contributed by atoms with E-state index in [4.69, 9.17) is 0 Å². The largest absolute Gasteiger partial charge is 0.347 e. The van der Waals surface area contributed by atoms with Crippen molar-refractivity contribution in [1.29, 1.82) is 0 Å². The van der Waals surface area contributed by atoms with Crippen LogP contribution in [0, 0.1) is 11.7 Å². The minimum absolute atomic E-state index is 0.148. The molecule has 1 aromatic rings. The van der Waals surface area contributed by atoms with Crippen molar-refractivity contribution in [2.45, 2.75) is 25.9 Å². The Bertz CT molecular complexity index is 502. The van der Waals surface area contributed by atoms with Gasteiger partial charge >= 0.3 is 6.03 Å². The minimum Gasteiger partial charge on any atom is -0.347 e. The molecule has 0 saturated carbocycles. The lowest BCUT2D eigenvalue weighted by molar-refractivity contribution is -0.123. The Balaban J connectivity index is 2.08. The van der Waals surface area contributed by atoms with Gasteiger partial charge in [-0.05, 0) is 23.6 Å². The molecular weight excluding hydrogens is 261 g/mol. The summed E-state index contributed by atoms with van der Waals surface area (Å²) in [5.74, 6) is -0.407. The minimum atomic E-state index is -0.566. The van der Waals surface area contributed by atoms with E-state index in [1.807, 2.05) is 13.8 Å². The first-order chi connectivity index (χ1) is 9.47. The van der Waals surface area contributed by atoms with E-state index in [0.717, 1.165) is 5.56 Å². The Morgan fingerprint density at radius 1 is 1.35 bits per heavy atom. The maximum atomic E-state index is 13.0. The molecule has 1 fully saturated rings. The van der Waals surface area contributed by atoms with Crippen LogP contribution in [0.3, 0.4) is 0 Å². The van der Waals surface area contributed by atoms with Gasteiger partial charge in [-0.25, -0.2) is 9.18 Å². The van der Waals surface area contributed by atoms with Crippen molar-refractivity contribution in [2.24, 2.45) is 5.92 Å². The van der Waals surface area contributed by atoms with Crippen LogP contribution in [0.4, 0.5) is 9.18 Å². The lowest BCUT2D eigenvalue weighted by atomic mass is 9.95. The zero-order valence-corrected chi connectivity index (χ0v) is 11.4. The molecule has 0 radical (unpaired) electrons. The number of nitrogens with one attached hydrogen (secondary N) is 3. The van der Waals surface area contributed by atoms with Crippen LogP contribution >= 0.6 is 0 Å². The zero-order valence-electron chi connectivity index (χ0n) is 11.4. The summed E-state index contributed by atoms with van der Waals surface area (Å²) in [7, 11) is 0. The van der Waals surface area contributed by atoms with Gasteiger partial charge in [0.15, 0.2) is 0 Å². The van der Waals surface area contributed by atoms with Crippen LogP contribution in [0.1, 0.15) is 25.5 Å². The Hall–Kier alpha value is -2.11. The summed E-state index contributed by atoms with van der Waals surface area (Å²) in [6, 6.07) is 4.93. The first-order valence-electron chi connectivity index (χ1n) is 6.57. The van der Waals surface area contributed by atoms with Crippen molar-refractivity contribution in [3.8, 4) is 0 Å².